The molecule has 21 heavy (non-hydrogen) atoms. The molecule has 0 bridgehead atoms. The summed E-state index contributed by atoms with van der Waals surface area (Å²) in [5.41, 5.74) is 0.735. The summed E-state index contributed by atoms with van der Waals surface area (Å²) >= 11 is 12.4. The second kappa shape index (κ2) is 6.48. The predicted molar refractivity (Wildman–Crippen MR) is 93.2 cm³/mol. The molecular formula is C15H10BrClFNS2. The van der Waals surface area contributed by atoms with Gasteiger partial charge in [0.1, 0.15) is 5.82 Å². The van der Waals surface area contributed by atoms with Gasteiger partial charge in [0.2, 0.25) is 0 Å². The third kappa shape index (κ3) is 3.48. The molecular weight excluding hydrogens is 393 g/mol. The van der Waals surface area contributed by atoms with Crippen molar-refractivity contribution in [1.82, 2.24) is 0 Å². The standard InChI is InChI=1S/C15H10BrClFNS2/c16-10-4-3-9(8-11(10)18)19-15(12-2-1-7-20-12)13-5-6-14(17)21-13/h1-8,15,19H. The summed E-state index contributed by atoms with van der Waals surface area (Å²) in [7, 11) is 0. The van der Waals surface area contributed by atoms with E-state index in [0.717, 1.165) is 19.8 Å². The Labute approximate surface area is 143 Å². The smallest absolute Gasteiger partial charge is 0.139 e. The van der Waals surface area contributed by atoms with Gasteiger partial charge in [0.05, 0.1) is 14.9 Å². The normalized spacial score (nSPS) is 12.3. The van der Waals surface area contributed by atoms with E-state index in [9.17, 15) is 4.39 Å². The summed E-state index contributed by atoms with van der Waals surface area (Å²) in [6.07, 6.45) is 0. The number of halogens is 3. The Morgan fingerprint density at radius 3 is 2.62 bits per heavy atom. The molecule has 0 spiro atoms. The van der Waals surface area contributed by atoms with Crippen LogP contribution in [0.2, 0.25) is 4.34 Å². The Hall–Kier alpha value is -0.880. The molecule has 0 aliphatic heterocycles. The molecule has 2 heterocycles. The number of nitrogens with one attached hydrogen (secondary N) is 1. The summed E-state index contributed by atoms with van der Waals surface area (Å²) in [6, 6.07) is 13.0. The number of hydrogen-bond donors (Lipinski definition) is 1. The molecule has 0 radical (unpaired) electrons. The molecule has 3 rings (SSSR count). The maximum atomic E-state index is 13.7. The molecule has 1 N–H and O–H groups in total. The first-order valence-electron chi connectivity index (χ1n) is 6.14. The van der Waals surface area contributed by atoms with Crippen LogP contribution in [0.25, 0.3) is 0 Å². The van der Waals surface area contributed by atoms with E-state index in [1.54, 1.807) is 17.4 Å². The van der Waals surface area contributed by atoms with Gasteiger partial charge in [-0.05, 0) is 57.7 Å². The van der Waals surface area contributed by atoms with Crippen LogP contribution in [0.4, 0.5) is 10.1 Å². The van der Waals surface area contributed by atoms with Crippen LogP contribution in [-0.4, -0.2) is 0 Å². The fraction of sp³-hybridized carbons (Fsp3) is 0.0667. The largest absolute Gasteiger partial charge is 0.373 e. The van der Waals surface area contributed by atoms with Gasteiger partial charge in [-0.15, -0.1) is 22.7 Å². The maximum Gasteiger partial charge on any atom is 0.139 e. The quantitative estimate of drug-likeness (QED) is 0.520. The molecule has 0 aliphatic rings. The zero-order valence-electron chi connectivity index (χ0n) is 10.6. The van der Waals surface area contributed by atoms with Gasteiger partial charge >= 0.3 is 0 Å². The van der Waals surface area contributed by atoms with Crippen LogP contribution >= 0.6 is 50.2 Å². The van der Waals surface area contributed by atoms with Crippen LogP contribution in [-0.2, 0) is 0 Å². The fourth-order valence-electron chi connectivity index (χ4n) is 1.97. The molecule has 3 aromatic rings. The molecule has 0 fully saturated rings. The van der Waals surface area contributed by atoms with Crippen molar-refractivity contribution in [2.45, 2.75) is 6.04 Å². The van der Waals surface area contributed by atoms with Crippen LogP contribution in [0, 0.1) is 5.82 Å². The van der Waals surface area contributed by atoms with Gasteiger partial charge < -0.3 is 5.32 Å². The highest BCUT2D eigenvalue weighted by atomic mass is 79.9. The van der Waals surface area contributed by atoms with Crippen molar-refractivity contribution in [2.75, 3.05) is 5.32 Å². The minimum Gasteiger partial charge on any atom is -0.373 e. The Kier molecular flexibility index (Phi) is 4.64. The molecule has 1 nitrogen and oxygen atoms in total. The van der Waals surface area contributed by atoms with Gasteiger partial charge in [-0.25, -0.2) is 4.39 Å². The minimum atomic E-state index is -0.283. The summed E-state index contributed by atoms with van der Waals surface area (Å²) in [6.45, 7) is 0. The molecule has 1 atom stereocenters. The zero-order chi connectivity index (χ0) is 14.8. The summed E-state index contributed by atoms with van der Waals surface area (Å²) in [5, 5.41) is 5.41. The highest BCUT2D eigenvalue weighted by Crippen LogP contribution is 2.35. The monoisotopic (exact) mass is 401 g/mol. The van der Waals surface area contributed by atoms with Gasteiger partial charge in [0.25, 0.3) is 0 Å². The minimum absolute atomic E-state index is 0.0249. The SMILES string of the molecule is Fc1cc(NC(c2cccs2)c2ccc(Cl)s2)ccc1Br. The van der Waals surface area contributed by atoms with Gasteiger partial charge in [-0.2, -0.15) is 0 Å². The molecule has 2 aromatic heterocycles. The topological polar surface area (TPSA) is 12.0 Å². The third-order valence-electron chi connectivity index (χ3n) is 2.94. The van der Waals surface area contributed by atoms with E-state index in [1.165, 1.54) is 17.4 Å². The molecule has 1 unspecified atom stereocenters. The molecule has 0 aliphatic carbocycles. The fourth-order valence-corrected chi connectivity index (χ4v) is 4.22. The lowest BCUT2D eigenvalue weighted by Crippen LogP contribution is -2.09. The second-order valence-electron chi connectivity index (χ2n) is 4.36. The van der Waals surface area contributed by atoms with E-state index >= 15 is 0 Å². The second-order valence-corrected chi connectivity index (χ2v) is 7.94. The Morgan fingerprint density at radius 2 is 2.00 bits per heavy atom. The van der Waals surface area contributed by atoms with Crippen molar-refractivity contribution in [3.8, 4) is 0 Å². The number of anilines is 1. The van der Waals surface area contributed by atoms with Crippen LogP contribution in [0.3, 0.4) is 0 Å². The van der Waals surface area contributed by atoms with Crippen molar-refractivity contribution in [2.24, 2.45) is 0 Å². The highest BCUT2D eigenvalue weighted by molar-refractivity contribution is 9.10. The first-order chi connectivity index (χ1) is 10.1. The van der Waals surface area contributed by atoms with Crippen molar-refractivity contribution >= 4 is 55.9 Å². The highest BCUT2D eigenvalue weighted by Gasteiger charge is 2.17. The molecule has 0 amide bonds. The van der Waals surface area contributed by atoms with Gasteiger partial charge in [-0.1, -0.05) is 17.7 Å². The average Bonchev–Trinajstić information content (AvgIpc) is 3.11. The molecule has 6 heteroatoms. The van der Waals surface area contributed by atoms with Crippen molar-refractivity contribution < 1.29 is 4.39 Å². The van der Waals surface area contributed by atoms with E-state index in [-0.39, 0.29) is 11.9 Å². The summed E-state index contributed by atoms with van der Waals surface area (Å²) in [4.78, 5) is 2.27. The van der Waals surface area contributed by atoms with Crippen molar-refractivity contribution in [3.63, 3.8) is 0 Å². The Bertz CT molecular complexity index is 742. The molecule has 0 saturated heterocycles. The molecule has 108 valence electrons. The lowest BCUT2D eigenvalue weighted by molar-refractivity contribution is 0.621. The Morgan fingerprint density at radius 1 is 1.14 bits per heavy atom. The van der Waals surface area contributed by atoms with E-state index in [2.05, 4.69) is 27.3 Å². The van der Waals surface area contributed by atoms with Crippen LogP contribution in [0.15, 0.2) is 52.3 Å². The number of benzene rings is 1. The van der Waals surface area contributed by atoms with E-state index in [0.29, 0.717) is 4.47 Å². The maximum absolute atomic E-state index is 13.7. The summed E-state index contributed by atoms with van der Waals surface area (Å²) < 4.78 is 14.9. The van der Waals surface area contributed by atoms with Crippen LogP contribution < -0.4 is 5.32 Å². The van der Waals surface area contributed by atoms with Crippen molar-refractivity contribution in [3.05, 3.63) is 72.2 Å². The van der Waals surface area contributed by atoms with Crippen molar-refractivity contribution in [1.29, 1.82) is 0 Å². The van der Waals surface area contributed by atoms with E-state index < -0.39 is 0 Å². The Balaban J connectivity index is 1.94. The molecule has 0 saturated carbocycles. The van der Waals surface area contributed by atoms with Crippen LogP contribution in [0.1, 0.15) is 15.8 Å². The molecule has 1 aromatic carbocycles. The number of rotatable bonds is 4. The first-order valence-corrected chi connectivity index (χ1v) is 9.00. The van der Waals surface area contributed by atoms with E-state index in [4.69, 9.17) is 11.6 Å². The first kappa shape index (κ1) is 15.0. The van der Waals surface area contributed by atoms with Crippen LogP contribution in [0.5, 0.6) is 0 Å². The third-order valence-corrected chi connectivity index (χ3v) is 5.81. The van der Waals surface area contributed by atoms with Gasteiger partial charge in [0, 0.05) is 15.4 Å². The van der Waals surface area contributed by atoms with Gasteiger partial charge in [-0.3, -0.25) is 0 Å². The number of hydrogen-bond acceptors (Lipinski definition) is 3. The zero-order valence-corrected chi connectivity index (χ0v) is 14.6. The summed E-state index contributed by atoms with van der Waals surface area (Å²) in [5.74, 6) is -0.283. The van der Waals surface area contributed by atoms with Gasteiger partial charge in [0.15, 0.2) is 0 Å². The van der Waals surface area contributed by atoms with E-state index in [1.807, 2.05) is 29.6 Å². The predicted octanol–water partition coefficient (Wildman–Crippen LogP) is 6.57. The lowest BCUT2D eigenvalue weighted by Gasteiger charge is -2.17. The lowest BCUT2D eigenvalue weighted by atomic mass is 10.2. The average molecular weight is 403 g/mol. The number of thiophene rings is 2.